The normalized spacial score (nSPS) is 14.9. The van der Waals surface area contributed by atoms with E-state index in [9.17, 15) is 4.79 Å². The molecule has 0 radical (unpaired) electrons. The molecule has 1 fully saturated rings. The van der Waals surface area contributed by atoms with Crippen molar-refractivity contribution in [3.8, 4) is 0 Å². The van der Waals surface area contributed by atoms with Crippen molar-refractivity contribution in [2.45, 2.75) is 0 Å². The third kappa shape index (κ3) is 4.01. The average molecular weight is 392 g/mol. The number of anilines is 2. The van der Waals surface area contributed by atoms with Crippen LogP contribution in [0.4, 0.5) is 15.6 Å². The van der Waals surface area contributed by atoms with Gasteiger partial charge < -0.3 is 9.80 Å². The van der Waals surface area contributed by atoms with E-state index in [1.165, 1.54) is 17.5 Å². The number of amides is 2. The molecule has 23 heavy (non-hydrogen) atoms. The topological polar surface area (TPSA) is 48.5 Å². The molecule has 3 rings (SSSR count). The van der Waals surface area contributed by atoms with Crippen molar-refractivity contribution in [2.75, 3.05) is 36.4 Å². The Hall–Kier alpha value is -1.21. The lowest BCUT2D eigenvalue weighted by Crippen LogP contribution is -2.50. The van der Waals surface area contributed by atoms with Gasteiger partial charge in [-0.05, 0) is 18.2 Å². The smallest absolute Gasteiger partial charge is 0.323 e. The highest BCUT2D eigenvalue weighted by atomic mass is 35.5. The number of thiazole rings is 1. The summed E-state index contributed by atoms with van der Waals surface area (Å²) in [5.41, 5.74) is 1.01. The Morgan fingerprint density at radius 1 is 1.13 bits per heavy atom. The maximum absolute atomic E-state index is 12.2. The molecule has 1 aliphatic heterocycles. The van der Waals surface area contributed by atoms with E-state index >= 15 is 0 Å². The number of hydrogen-bond acceptors (Lipinski definition) is 4. The molecule has 1 N–H and O–H groups in total. The molecule has 5 nitrogen and oxygen atoms in total. The van der Waals surface area contributed by atoms with Gasteiger partial charge in [0.05, 0.1) is 16.2 Å². The predicted octanol–water partition coefficient (Wildman–Crippen LogP) is 4.46. The van der Waals surface area contributed by atoms with Crippen molar-refractivity contribution < 1.29 is 4.79 Å². The number of hydrogen-bond donors (Lipinski definition) is 1. The third-order valence-corrected chi connectivity index (χ3v) is 5.30. The van der Waals surface area contributed by atoms with Gasteiger partial charge in [-0.1, -0.05) is 46.1 Å². The number of benzene rings is 1. The van der Waals surface area contributed by atoms with Crippen LogP contribution < -0.4 is 10.2 Å². The summed E-state index contributed by atoms with van der Waals surface area (Å²) in [6.45, 7) is 2.68. The Bertz CT molecular complexity index is 716. The summed E-state index contributed by atoms with van der Waals surface area (Å²) in [5.74, 6) is 0. The van der Waals surface area contributed by atoms with E-state index in [0.29, 0.717) is 32.6 Å². The number of halogens is 3. The lowest BCUT2D eigenvalue weighted by molar-refractivity contribution is 0.208. The van der Waals surface area contributed by atoms with Gasteiger partial charge in [0.15, 0.2) is 5.13 Å². The van der Waals surface area contributed by atoms with Gasteiger partial charge >= 0.3 is 6.03 Å². The molecular formula is C14H13Cl3N4OS. The van der Waals surface area contributed by atoms with Crippen LogP contribution in [-0.2, 0) is 0 Å². The lowest BCUT2D eigenvalue weighted by Gasteiger charge is -2.36. The van der Waals surface area contributed by atoms with Crippen molar-refractivity contribution >= 4 is 63.0 Å². The fraction of sp³-hybridized carbons (Fsp3) is 0.286. The number of rotatable bonds is 2. The molecule has 1 saturated heterocycles. The van der Waals surface area contributed by atoms with Crippen molar-refractivity contribution in [2.24, 2.45) is 0 Å². The first kappa shape index (κ1) is 16.6. The highest BCUT2D eigenvalue weighted by Crippen LogP contribution is 2.28. The Morgan fingerprint density at radius 2 is 1.87 bits per heavy atom. The molecule has 0 bridgehead atoms. The van der Waals surface area contributed by atoms with E-state index < -0.39 is 0 Å². The van der Waals surface area contributed by atoms with Crippen molar-refractivity contribution in [1.82, 2.24) is 9.88 Å². The minimum Gasteiger partial charge on any atom is -0.368 e. The van der Waals surface area contributed by atoms with Gasteiger partial charge in [-0.2, -0.15) is 0 Å². The first-order valence-corrected chi connectivity index (χ1v) is 8.85. The maximum atomic E-state index is 12.2. The zero-order chi connectivity index (χ0) is 16.4. The van der Waals surface area contributed by atoms with E-state index in [1.807, 2.05) is 12.1 Å². The van der Waals surface area contributed by atoms with Crippen LogP contribution in [0.15, 0.2) is 24.4 Å². The molecule has 2 heterocycles. The quantitative estimate of drug-likeness (QED) is 0.822. The van der Waals surface area contributed by atoms with Gasteiger partial charge in [0, 0.05) is 31.9 Å². The molecule has 0 spiro atoms. The minimum absolute atomic E-state index is 0.162. The summed E-state index contributed by atoms with van der Waals surface area (Å²) in [4.78, 5) is 20.1. The van der Waals surface area contributed by atoms with Gasteiger partial charge in [0.25, 0.3) is 0 Å². The van der Waals surface area contributed by atoms with E-state index in [4.69, 9.17) is 34.8 Å². The predicted molar refractivity (Wildman–Crippen MR) is 96.4 cm³/mol. The van der Waals surface area contributed by atoms with E-state index in [2.05, 4.69) is 15.2 Å². The van der Waals surface area contributed by atoms with Crippen molar-refractivity contribution in [1.29, 1.82) is 0 Å². The molecular weight excluding hydrogens is 379 g/mol. The van der Waals surface area contributed by atoms with Crippen molar-refractivity contribution in [3.05, 3.63) is 38.8 Å². The second-order valence-electron chi connectivity index (χ2n) is 4.97. The summed E-state index contributed by atoms with van der Waals surface area (Å²) < 4.78 is 0.546. The number of carbonyl (C=O) groups is 1. The second-order valence-corrected chi connectivity index (χ2v) is 7.45. The average Bonchev–Trinajstić information content (AvgIpc) is 2.95. The first-order chi connectivity index (χ1) is 11.0. The number of piperazine rings is 1. The summed E-state index contributed by atoms with van der Waals surface area (Å²) in [5, 5.41) is 4.33. The second kappa shape index (κ2) is 7.13. The van der Waals surface area contributed by atoms with Crippen LogP contribution in [0.1, 0.15) is 0 Å². The number of urea groups is 1. The highest BCUT2D eigenvalue weighted by Gasteiger charge is 2.22. The molecule has 0 aliphatic carbocycles. The SMILES string of the molecule is O=C(Nc1ncc(Cl)s1)N1CCN(c2ccc(Cl)c(Cl)c2)CC1. The Labute approximate surface area is 152 Å². The molecule has 1 aromatic heterocycles. The Morgan fingerprint density at radius 3 is 2.48 bits per heavy atom. The minimum atomic E-state index is -0.162. The maximum Gasteiger partial charge on any atom is 0.323 e. The number of nitrogens with one attached hydrogen (secondary N) is 1. The molecule has 0 atom stereocenters. The zero-order valence-electron chi connectivity index (χ0n) is 11.9. The largest absolute Gasteiger partial charge is 0.368 e. The molecule has 2 aromatic rings. The van der Waals surface area contributed by atoms with Crippen LogP contribution in [-0.4, -0.2) is 42.1 Å². The summed E-state index contributed by atoms with van der Waals surface area (Å²) in [6.07, 6.45) is 1.52. The highest BCUT2D eigenvalue weighted by molar-refractivity contribution is 7.19. The number of carbonyl (C=O) groups excluding carboxylic acids is 1. The van der Waals surface area contributed by atoms with E-state index in [1.54, 1.807) is 11.0 Å². The van der Waals surface area contributed by atoms with Crippen LogP contribution in [0.25, 0.3) is 0 Å². The van der Waals surface area contributed by atoms with Gasteiger partial charge in [-0.3, -0.25) is 5.32 Å². The molecule has 122 valence electrons. The summed E-state index contributed by atoms with van der Waals surface area (Å²) in [7, 11) is 0. The Kier molecular flexibility index (Phi) is 5.16. The zero-order valence-corrected chi connectivity index (χ0v) is 15.0. The summed E-state index contributed by atoms with van der Waals surface area (Å²) in [6, 6.07) is 5.40. The van der Waals surface area contributed by atoms with E-state index in [0.717, 1.165) is 18.8 Å². The van der Waals surface area contributed by atoms with Crippen LogP contribution >= 0.6 is 46.1 Å². The molecule has 1 aliphatic rings. The van der Waals surface area contributed by atoms with Crippen molar-refractivity contribution in [3.63, 3.8) is 0 Å². The standard InChI is InChI=1S/C14H13Cl3N4OS/c15-10-2-1-9(7-11(10)16)20-3-5-21(6-4-20)14(22)19-13-18-8-12(17)23-13/h1-2,7-8H,3-6H2,(H,18,19,22). The number of nitrogens with zero attached hydrogens (tertiary/aromatic N) is 3. The van der Waals surface area contributed by atoms with Crippen LogP contribution in [0.5, 0.6) is 0 Å². The van der Waals surface area contributed by atoms with Gasteiger partial charge in [-0.25, -0.2) is 9.78 Å². The Balaban J connectivity index is 1.57. The van der Waals surface area contributed by atoms with Crippen LogP contribution in [0.2, 0.25) is 14.4 Å². The fourth-order valence-corrected chi connectivity index (χ4v) is 3.43. The van der Waals surface area contributed by atoms with Crippen LogP contribution in [0, 0.1) is 0 Å². The number of aromatic nitrogens is 1. The fourth-order valence-electron chi connectivity index (χ4n) is 2.33. The molecule has 2 amide bonds. The third-order valence-electron chi connectivity index (χ3n) is 3.53. The lowest BCUT2D eigenvalue weighted by atomic mass is 10.2. The molecule has 1 aromatic carbocycles. The van der Waals surface area contributed by atoms with E-state index in [-0.39, 0.29) is 6.03 Å². The summed E-state index contributed by atoms with van der Waals surface area (Å²) >= 11 is 19.0. The van der Waals surface area contributed by atoms with Crippen LogP contribution in [0.3, 0.4) is 0 Å². The van der Waals surface area contributed by atoms with Gasteiger partial charge in [0.2, 0.25) is 0 Å². The molecule has 0 unspecified atom stereocenters. The monoisotopic (exact) mass is 390 g/mol. The van der Waals surface area contributed by atoms with Gasteiger partial charge in [0.1, 0.15) is 4.34 Å². The molecule has 9 heteroatoms. The first-order valence-electron chi connectivity index (χ1n) is 6.90. The molecule has 0 saturated carbocycles. The van der Waals surface area contributed by atoms with Gasteiger partial charge in [-0.15, -0.1) is 0 Å².